The summed E-state index contributed by atoms with van der Waals surface area (Å²) in [7, 11) is -4.68. The van der Waals surface area contributed by atoms with Crippen molar-refractivity contribution >= 4 is 33.8 Å². The fourth-order valence-corrected chi connectivity index (χ4v) is 3.69. The summed E-state index contributed by atoms with van der Waals surface area (Å²) in [5.74, 6) is 0.372. The molecule has 0 aliphatic carbocycles. The van der Waals surface area contributed by atoms with E-state index in [2.05, 4.69) is 45.7 Å². The molecule has 2 rings (SSSR count). The monoisotopic (exact) mass is 431 g/mol. The van der Waals surface area contributed by atoms with Crippen LogP contribution in [0, 0.1) is 0 Å². The maximum Gasteiger partial charge on any atom is 0.248 e. The Hall–Kier alpha value is -1.03. The molecule has 9 heteroatoms. The van der Waals surface area contributed by atoms with Gasteiger partial charge in [0.25, 0.3) is 0 Å². The SMILES string of the molecule is C[Si](C)(C)CCOCn1nc(-c2ccc(Br)cc2)nc1S(C)(=O)=O. The van der Waals surface area contributed by atoms with E-state index in [1.165, 1.54) is 4.68 Å². The quantitative estimate of drug-likeness (QED) is 0.495. The summed E-state index contributed by atoms with van der Waals surface area (Å²) in [4.78, 5) is 4.19. The van der Waals surface area contributed by atoms with Crippen molar-refractivity contribution in [2.24, 2.45) is 0 Å². The summed E-state index contributed by atoms with van der Waals surface area (Å²) in [6.45, 7) is 7.46. The average molecular weight is 432 g/mol. The molecule has 1 aromatic heterocycles. The topological polar surface area (TPSA) is 74.1 Å². The lowest BCUT2D eigenvalue weighted by Crippen LogP contribution is -2.22. The number of hydrogen-bond acceptors (Lipinski definition) is 5. The molecule has 0 unspecified atom stereocenters. The van der Waals surface area contributed by atoms with E-state index in [4.69, 9.17) is 4.74 Å². The van der Waals surface area contributed by atoms with Gasteiger partial charge in [0.1, 0.15) is 6.73 Å². The van der Waals surface area contributed by atoms with Crippen molar-refractivity contribution in [1.82, 2.24) is 14.8 Å². The zero-order valence-electron chi connectivity index (χ0n) is 14.3. The van der Waals surface area contributed by atoms with Gasteiger partial charge in [-0.15, -0.1) is 5.10 Å². The third kappa shape index (κ3) is 5.51. The molecule has 0 saturated carbocycles. The Bertz CT molecular complexity index is 798. The molecule has 0 bridgehead atoms. The van der Waals surface area contributed by atoms with Gasteiger partial charge in [-0.25, -0.2) is 13.1 Å². The van der Waals surface area contributed by atoms with Crippen molar-refractivity contribution in [2.75, 3.05) is 12.9 Å². The molecule has 0 amide bonds. The minimum absolute atomic E-state index is 0.0755. The van der Waals surface area contributed by atoms with Crippen LogP contribution in [0.3, 0.4) is 0 Å². The highest BCUT2D eigenvalue weighted by molar-refractivity contribution is 9.10. The van der Waals surface area contributed by atoms with Crippen LogP contribution < -0.4 is 0 Å². The molecule has 0 aliphatic heterocycles. The Balaban J connectivity index is 2.21. The number of halogens is 1. The van der Waals surface area contributed by atoms with Crippen molar-refractivity contribution in [1.29, 1.82) is 0 Å². The first-order chi connectivity index (χ1) is 11.1. The highest BCUT2D eigenvalue weighted by atomic mass is 79.9. The van der Waals surface area contributed by atoms with Crippen molar-refractivity contribution in [3.8, 4) is 11.4 Å². The van der Waals surface area contributed by atoms with Gasteiger partial charge in [0, 0.05) is 31.0 Å². The number of sulfone groups is 1. The van der Waals surface area contributed by atoms with Gasteiger partial charge >= 0.3 is 0 Å². The van der Waals surface area contributed by atoms with Gasteiger partial charge in [0.05, 0.1) is 0 Å². The van der Waals surface area contributed by atoms with Gasteiger partial charge < -0.3 is 4.74 Å². The maximum absolute atomic E-state index is 12.0. The van der Waals surface area contributed by atoms with E-state index in [-0.39, 0.29) is 11.9 Å². The molecule has 0 N–H and O–H groups in total. The molecule has 1 heterocycles. The Labute approximate surface area is 152 Å². The van der Waals surface area contributed by atoms with Crippen LogP contribution in [-0.4, -0.2) is 44.1 Å². The van der Waals surface area contributed by atoms with Gasteiger partial charge in [-0.1, -0.05) is 47.7 Å². The molecule has 2 aromatic rings. The highest BCUT2D eigenvalue weighted by Crippen LogP contribution is 2.20. The third-order valence-electron chi connectivity index (χ3n) is 3.28. The molecule has 132 valence electrons. The average Bonchev–Trinajstić information content (AvgIpc) is 2.88. The largest absolute Gasteiger partial charge is 0.359 e. The second kappa shape index (κ2) is 7.47. The van der Waals surface area contributed by atoms with E-state index in [1.54, 1.807) is 0 Å². The molecule has 0 saturated heterocycles. The van der Waals surface area contributed by atoms with E-state index in [1.807, 2.05) is 24.3 Å². The molecule has 0 aliphatic rings. The number of hydrogen-bond donors (Lipinski definition) is 0. The first-order valence-electron chi connectivity index (χ1n) is 7.55. The first-order valence-corrected chi connectivity index (χ1v) is 13.9. The van der Waals surface area contributed by atoms with E-state index >= 15 is 0 Å². The van der Waals surface area contributed by atoms with Gasteiger partial charge in [0.15, 0.2) is 5.82 Å². The summed E-state index contributed by atoms with van der Waals surface area (Å²) in [5.41, 5.74) is 0.754. The molecule has 1 aromatic carbocycles. The number of aromatic nitrogens is 3. The summed E-state index contributed by atoms with van der Waals surface area (Å²) in [6, 6.07) is 8.40. The first kappa shape index (κ1) is 19.3. The van der Waals surface area contributed by atoms with Crippen LogP contribution in [0.2, 0.25) is 25.7 Å². The normalized spacial score (nSPS) is 12.5. The summed E-state index contributed by atoms with van der Waals surface area (Å²) in [6.07, 6.45) is 1.13. The zero-order chi connectivity index (χ0) is 18.0. The van der Waals surface area contributed by atoms with Crippen LogP contribution >= 0.6 is 15.9 Å². The van der Waals surface area contributed by atoms with Crippen molar-refractivity contribution in [3.63, 3.8) is 0 Å². The van der Waals surface area contributed by atoms with Gasteiger partial charge in [-0.2, -0.15) is 4.98 Å². The number of rotatable bonds is 7. The van der Waals surface area contributed by atoms with Crippen molar-refractivity contribution < 1.29 is 13.2 Å². The molecular weight excluding hydrogens is 410 g/mol. The Morgan fingerprint density at radius 1 is 1.21 bits per heavy atom. The molecule has 0 spiro atoms. The summed E-state index contributed by atoms with van der Waals surface area (Å²) >= 11 is 3.37. The lowest BCUT2D eigenvalue weighted by molar-refractivity contribution is 0.0715. The lowest BCUT2D eigenvalue weighted by atomic mass is 10.2. The minimum atomic E-state index is -3.49. The van der Waals surface area contributed by atoms with Crippen LogP contribution in [0.15, 0.2) is 33.9 Å². The van der Waals surface area contributed by atoms with Crippen LogP contribution in [0.1, 0.15) is 0 Å². The Kier molecular flexibility index (Phi) is 6.00. The van der Waals surface area contributed by atoms with Crippen LogP contribution in [0.5, 0.6) is 0 Å². The molecule has 24 heavy (non-hydrogen) atoms. The van der Waals surface area contributed by atoms with E-state index in [0.29, 0.717) is 12.4 Å². The number of benzene rings is 1. The maximum atomic E-state index is 12.0. The molecule has 0 atom stereocenters. The summed E-state index contributed by atoms with van der Waals surface area (Å²) < 4.78 is 31.8. The Morgan fingerprint density at radius 3 is 2.38 bits per heavy atom. The fourth-order valence-electron chi connectivity index (χ4n) is 1.94. The summed E-state index contributed by atoms with van der Waals surface area (Å²) in [5, 5.41) is 4.23. The smallest absolute Gasteiger partial charge is 0.248 e. The van der Waals surface area contributed by atoms with Gasteiger partial charge in [-0.05, 0) is 18.2 Å². The molecular formula is C15H22BrN3O3SSi. The number of nitrogens with zero attached hydrogens (tertiary/aromatic N) is 3. The lowest BCUT2D eigenvalue weighted by Gasteiger charge is -2.15. The van der Waals surface area contributed by atoms with Gasteiger partial charge in [0.2, 0.25) is 15.0 Å². The molecule has 6 nitrogen and oxygen atoms in total. The van der Waals surface area contributed by atoms with Gasteiger partial charge in [-0.3, -0.25) is 0 Å². The van der Waals surface area contributed by atoms with Crippen molar-refractivity contribution in [2.45, 2.75) is 37.6 Å². The second-order valence-corrected chi connectivity index (χ2v) is 15.3. The fraction of sp³-hybridized carbons (Fsp3) is 0.467. The van der Waals surface area contributed by atoms with Crippen LogP contribution in [-0.2, 0) is 21.3 Å². The van der Waals surface area contributed by atoms with E-state index < -0.39 is 17.9 Å². The van der Waals surface area contributed by atoms with Crippen LogP contribution in [0.4, 0.5) is 0 Å². The standard InChI is InChI=1S/C15H22BrN3O3SSi/c1-23(20,21)15-17-14(12-5-7-13(16)8-6-12)18-19(15)11-22-9-10-24(2,3)4/h5-8H,9-11H2,1-4H3. The third-order valence-corrected chi connectivity index (χ3v) is 6.48. The molecule has 0 fully saturated rings. The molecule has 0 radical (unpaired) electrons. The van der Waals surface area contributed by atoms with Crippen LogP contribution in [0.25, 0.3) is 11.4 Å². The number of ether oxygens (including phenoxy) is 1. The minimum Gasteiger partial charge on any atom is -0.359 e. The zero-order valence-corrected chi connectivity index (χ0v) is 17.7. The van der Waals surface area contributed by atoms with Crippen molar-refractivity contribution in [3.05, 3.63) is 28.7 Å². The predicted octanol–water partition coefficient (Wildman–Crippen LogP) is 3.42. The highest BCUT2D eigenvalue weighted by Gasteiger charge is 2.20. The Morgan fingerprint density at radius 2 is 1.83 bits per heavy atom. The second-order valence-electron chi connectivity index (χ2n) is 6.84. The predicted molar refractivity (Wildman–Crippen MR) is 100 cm³/mol. The van der Waals surface area contributed by atoms with E-state index in [9.17, 15) is 8.42 Å². The van der Waals surface area contributed by atoms with E-state index in [0.717, 1.165) is 22.3 Å².